The molecule has 0 aliphatic heterocycles. The molecule has 0 saturated carbocycles. The smallest absolute Gasteiger partial charge is 0.143 e. The summed E-state index contributed by atoms with van der Waals surface area (Å²) in [6.45, 7) is 0. The number of anilines is 3. The van der Waals surface area contributed by atoms with Gasteiger partial charge in [0.05, 0.1) is 0 Å². The third-order valence-corrected chi connectivity index (χ3v) is 12.4. The summed E-state index contributed by atoms with van der Waals surface area (Å²) in [5.74, 6) is 0. The minimum Gasteiger partial charge on any atom is -0.455 e. The zero-order chi connectivity index (χ0) is 41.0. The van der Waals surface area contributed by atoms with Crippen LogP contribution in [0.5, 0.6) is 0 Å². The van der Waals surface area contributed by atoms with Crippen molar-refractivity contribution in [1.82, 2.24) is 0 Å². The van der Waals surface area contributed by atoms with E-state index in [0.717, 1.165) is 55.5 Å². The summed E-state index contributed by atoms with van der Waals surface area (Å²) in [6.07, 6.45) is 0. The summed E-state index contributed by atoms with van der Waals surface area (Å²) >= 11 is 0. The van der Waals surface area contributed by atoms with Gasteiger partial charge >= 0.3 is 0 Å². The number of nitrogens with zero attached hydrogens (tertiary/aromatic N) is 1. The molecule has 12 aromatic rings. The van der Waals surface area contributed by atoms with Crippen LogP contribution in [-0.4, -0.2) is 0 Å². The lowest BCUT2D eigenvalue weighted by Gasteiger charge is -2.26. The van der Waals surface area contributed by atoms with Crippen molar-refractivity contribution in [2.24, 2.45) is 0 Å². The first-order chi connectivity index (χ1) is 30.7. The quantitative estimate of drug-likeness (QED) is 0.160. The van der Waals surface area contributed by atoms with E-state index >= 15 is 0 Å². The van der Waals surface area contributed by atoms with Crippen LogP contribution in [-0.2, 0) is 0 Å². The molecule has 2 nitrogen and oxygen atoms in total. The van der Waals surface area contributed by atoms with Gasteiger partial charge in [-0.1, -0.05) is 176 Å². The molecule has 62 heavy (non-hydrogen) atoms. The van der Waals surface area contributed by atoms with Gasteiger partial charge in [-0.3, -0.25) is 0 Å². The molecule has 0 fully saturated rings. The van der Waals surface area contributed by atoms with E-state index in [4.69, 9.17) is 4.42 Å². The number of hydrogen-bond acceptors (Lipinski definition) is 2. The van der Waals surface area contributed by atoms with E-state index in [9.17, 15) is 0 Å². The summed E-state index contributed by atoms with van der Waals surface area (Å²) in [5.41, 5.74) is 14.5. The fourth-order valence-corrected chi connectivity index (χ4v) is 9.37. The van der Waals surface area contributed by atoms with Crippen LogP contribution in [0.15, 0.2) is 241 Å². The second-order valence-corrected chi connectivity index (χ2v) is 16.1. The van der Waals surface area contributed by atoms with E-state index in [1.807, 2.05) is 0 Å². The standard InChI is InChI=1S/C60H39NO/c1-2-14-45-38-48(26-25-40(45)11-1)47-17-7-16-46(37-47)41-27-32-50(33-28-41)61(51-34-29-44(30-35-51)54-22-9-15-42-12-3-5-20-53(42)54)52-19-8-18-49(39-52)55-23-10-24-58-59(55)57-36-31-43-13-4-6-21-56(43)60(57)62-58/h1-39H. The lowest BCUT2D eigenvalue weighted by molar-refractivity contribution is 0.673. The van der Waals surface area contributed by atoms with E-state index in [1.165, 1.54) is 60.3 Å². The number of rotatable bonds is 7. The average molecular weight is 790 g/mol. The number of fused-ring (bicyclic) bond motifs is 7. The van der Waals surface area contributed by atoms with Crippen molar-refractivity contribution in [2.75, 3.05) is 4.90 Å². The first-order valence-corrected chi connectivity index (χ1v) is 21.2. The first kappa shape index (κ1) is 35.7. The Morgan fingerprint density at radius 2 is 0.823 bits per heavy atom. The molecule has 0 N–H and O–H groups in total. The Morgan fingerprint density at radius 1 is 0.274 bits per heavy atom. The highest BCUT2D eigenvalue weighted by molar-refractivity contribution is 6.19. The Labute approximate surface area is 360 Å². The van der Waals surface area contributed by atoms with Crippen LogP contribution in [0.4, 0.5) is 17.1 Å². The number of furan rings is 1. The molecule has 0 aliphatic carbocycles. The van der Waals surface area contributed by atoms with E-state index in [-0.39, 0.29) is 0 Å². The molecule has 12 rings (SSSR count). The molecule has 0 saturated heterocycles. The predicted molar refractivity (Wildman–Crippen MR) is 263 cm³/mol. The fraction of sp³-hybridized carbons (Fsp3) is 0. The van der Waals surface area contributed by atoms with Gasteiger partial charge in [-0.15, -0.1) is 0 Å². The molecular weight excluding hydrogens is 751 g/mol. The van der Waals surface area contributed by atoms with Gasteiger partial charge in [0.1, 0.15) is 11.2 Å². The third kappa shape index (κ3) is 6.20. The minimum absolute atomic E-state index is 0.889. The van der Waals surface area contributed by atoms with Gasteiger partial charge in [-0.25, -0.2) is 0 Å². The van der Waals surface area contributed by atoms with Crippen LogP contribution in [0.1, 0.15) is 0 Å². The Balaban J connectivity index is 0.960. The monoisotopic (exact) mass is 789 g/mol. The van der Waals surface area contributed by atoms with Gasteiger partial charge in [0, 0.05) is 33.2 Å². The molecule has 2 heteroatoms. The van der Waals surface area contributed by atoms with Crippen LogP contribution in [0.2, 0.25) is 0 Å². The highest BCUT2D eigenvalue weighted by Crippen LogP contribution is 2.43. The summed E-state index contributed by atoms with van der Waals surface area (Å²) in [6, 6.07) is 85.5. The molecule has 1 heterocycles. The molecule has 0 atom stereocenters. The normalized spacial score (nSPS) is 11.5. The molecule has 0 aliphatic rings. The van der Waals surface area contributed by atoms with Crippen molar-refractivity contribution in [3.05, 3.63) is 237 Å². The first-order valence-electron chi connectivity index (χ1n) is 21.2. The maximum atomic E-state index is 6.61. The van der Waals surface area contributed by atoms with Gasteiger partial charge < -0.3 is 9.32 Å². The topological polar surface area (TPSA) is 16.4 Å². The maximum Gasteiger partial charge on any atom is 0.143 e. The van der Waals surface area contributed by atoms with Crippen LogP contribution < -0.4 is 4.90 Å². The van der Waals surface area contributed by atoms with Crippen molar-refractivity contribution < 1.29 is 4.42 Å². The lowest BCUT2D eigenvalue weighted by Crippen LogP contribution is -2.10. The highest BCUT2D eigenvalue weighted by Gasteiger charge is 2.18. The molecular formula is C60H39NO. The SMILES string of the molecule is c1cc(-c2ccc(N(c3ccc(-c4cccc5ccccc45)cc3)c3cccc(-c4cccc5oc6c7ccccc7ccc6c45)c3)cc2)cc(-c2ccc3ccccc3c2)c1. The molecule has 0 spiro atoms. The van der Waals surface area contributed by atoms with E-state index in [0.29, 0.717) is 0 Å². The number of hydrogen-bond donors (Lipinski definition) is 0. The van der Waals surface area contributed by atoms with Crippen LogP contribution in [0, 0.1) is 0 Å². The largest absolute Gasteiger partial charge is 0.455 e. The van der Waals surface area contributed by atoms with Gasteiger partial charge in [-0.05, 0) is 132 Å². The molecule has 1 aromatic heterocycles. The molecule has 0 bridgehead atoms. The van der Waals surface area contributed by atoms with Crippen LogP contribution in [0.3, 0.4) is 0 Å². The zero-order valence-electron chi connectivity index (χ0n) is 33.9. The summed E-state index contributed by atoms with van der Waals surface area (Å²) < 4.78 is 6.61. The molecule has 11 aromatic carbocycles. The molecule has 0 amide bonds. The molecule has 0 radical (unpaired) electrons. The summed E-state index contributed by atoms with van der Waals surface area (Å²) in [4.78, 5) is 2.37. The average Bonchev–Trinajstić information content (AvgIpc) is 3.74. The predicted octanol–water partition coefficient (Wildman–Crippen LogP) is 17.2. The van der Waals surface area contributed by atoms with Crippen LogP contribution >= 0.6 is 0 Å². The second-order valence-electron chi connectivity index (χ2n) is 16.1. The lowest BCUT2D eigenvalue weighted by atomic mass is 9.96. The second kappa shape index (κ2) is 14.8. The third-order valence-electron chi connectivity index (χ3n) is 12.4. The van der Waals surface area contributed by atoms with Crippen molar-refractivity contribution in [1.29, 1.82) is 0 Å². The fourth-order valence-electron chi connectivity index (χ4n) is 9.37. The molecule has 290 valence electrons. The minimum atomic E-state index is 0.889. The van der Waals surface area contributed by atoms with Gasteiger partial charge in [0.2, 0.25) is 0 Å². The van der Waals surface area contributed by atoms with Crippen molar-refractivity contribution >= 4 is 71.3 Å². The Bertz CT molecular complexity index is 3630. The van der Waals surface area contributed by atoms with E-state index in [2.05, 4.69) is 241 Å². The van der Waals surface area contributed by atoms with Crippen LogP contribution in [0.25, 0.3) is 98.8 Å². The van der Waals surface area contributed by atoms with Gasteiger partial charge in [0.25, 0.3) is 0 Å². The Kier molecular flexibility index (Phi) is 8.53. The van der Waals surface area contributed by atoms with Crippen molar-refractivity contribution in [3.63, 3.8) is 0 Å². The summed E-state index contributed by atoms with van der Waals surface area (Å²) in [5, 5.41) is 9.55. The van der Waals surface area contributed by atoms with Crippen molar-refractivity contribution in [2.45, 2.75) is 0 Å². The van der Waals surface area contributed by atoms with Gasteiger partial charge in [-0.2, -0.15) is 0 Å². The van der Waals surface area contributed by atoms with E-state index < -0.39 is 0 Å². The molecule has 0 unspecified atom stereocenters. The Morgan fingerprint density at radius 3 is 1.63 bits per heavy atom. The zero-order valence-corrected chi connectivity index (χ0v) is 33.9. The van der Waals surface area contributed by atoms with E-state index in [1.54, 1.807) is 0 Å². The number of benzene rings is 11. The highest BCUT2D eigenvalue weighted by atomic mass is 16.3. The maximum absolute atomic E-state index is 6.61. The Hall–Kier alpha value is -8.20. The van der Waals surface area contributed by atoms with Crippen molar-refractivity contribution in [3.8, 4) is 44.5 Å². The summed E-state index contributed by atoms with van der Waals surface area (Å²) in [7, 11) is 0. The van der Waals surface area contributed by atoms with Gasteiger partial charge in [0.15, 0.2) is 0 Å².